The Balaban J connectivity index is 5.06. The van der Waals surface area contributed by atoms with Crippen molar-refractivity contribution in [3.05, 3.63) is 10.4 Å². The molecule has 0 unspecified atom stereocenters. The van der Waals surface area contributed by atoms with Gasteiger partial charge in [-0.3, -0.25) is 9.59 Å². The van der Waals surface area contributed by atoms with Crippen molar-refractivity contribution in [1.82, 2.24) is 10.6 Å². The first-order valence-corrected chi connectivity index (χ1v) is 5.70. The van der Waals surface area contributed by atoms with Gasteiger partial charge in [-0.1, -0.05) is 5.11 Å². The third-order valence-electron chi connectivity index (χ3n) is 2.37. The van der Waals surface area contributed by atoms with E-state index in [4.69, 9.17) is 5.53 Å². The lowest BCUT2D eigenvalue weighted by atomic mass is 9.98. The molecule has 0 spiro atoms. The van der Waals surface area contributed by atoms with Crippen molar-refractivity contribution in [3.63, 3.8) is 0 Å². The maximum atomic E-state index is 11.1. The zero-order valence-electron chi connectivity index (χ0n) is 11.1. The lowest BCUT2D eigenvalue weighted by molar-refractivity contribution is -0.126. The molecule has 20 heavy (non-hydrogen) atoms. The molecular weight excluding hydrogens is 270 g/mol. The first kappa shape index (κ1) is 17.8. The van der Waals surface area contributed by atoms with Gasteiger partial charge in [0.15, 0.2) is 0 Å². The van der Waals surface area contributed by atoms with Gasteiger partial charge in [-0.25, -0.2) is 0 Å². The van der Waals surface area contributed by atoms with Crippen molar-refractivity contribution >= 4 is 18.1 Å². The summed E-state index contributed by atoms with van der Waals surface area (Å²) in [7, 11) is 0. The molecular formula is C10H17N5O5. The predicted octanol–water partition coefficient (Wildman–Crippen LogP) is -1.77. The molecule has 0 heterocycles. The Morgan fingerprint density at radius 2 is 1.85 bits per heavy atom. The molecule has 0 aliphatic heterocycles. The Kier molecular flexibility index (Phi) is 7.90. The predicted molar refractivity (Wildman–Crippen MR) is 67.3 cm³/mol. The molecule has 0 aromatic rings. The second-order valence-electron chi connectivity index (χ2n) is 4.06. The summed E-state index contributed by atoms with van der Waals surface area (Å²) < 4.78 is 0. The lowest BCUT2D eigenvalue weighted by Crippen LogP contribution is -2.59. The average Bonchev–Trinajstić information content (AvgIpc) is 2.38. The van der Waals surface area contributed by atoms with Crippen LogP contribution in [0.25, 0.3) is 10.4 Å². The summed E-state index contributed by atoms with van der Waals surface area (Å²) >= 11 is 0. The summed E-state index contributed by atoms with van der Waals surface area (Å²) in [6, 6.07) is -2.59. The lowest BCUT2D eigenvalue weighted by Gasteiger charge is -2.30. The fraction of sp³-hybridized carbons (Fsp3) is 0.700. The largest absolute Gasteiger partial charge is 0.391 e. The highest BCUT2D eigenvalue weighted by Gasteiger charge is 2.33. The molecule has 0 fully saturated rings. The van der Waals surface area contributed by atoms with E-state index in [0.29, 0.717) is 0 Å². The second-order valence-corrected chi connectivity index (χ2v) is 4.06. The minimum atomic E-state index is -1.58. The normalized spacial score (nSPS) is 16.0. The van der Waals surface area contributed by atoms with Gasteiger partial charge < -0.3 is 25.6 Å². The summed E-state index contributed by atoms with van der Waals surface area (Å²) in [4.78, 5) is 35.3. The summed E-state index contributed by atoms with van der Waals surface area (Å²) in [6.45, 7) is 1.88. The number of aliphatic hydroxyl groups excluding tert-OH is 2. The number of nitrogens with one attached hydrogen (secondary N) is 2. The van der Waals surface area contributed by atoms with Crippen LogP contribution in [-0.4, -0.2) is 59.1 Å². The third-order valence-corrected chi connectivity index (χ3v) is 2.37. The van der Waals surface area contributed by atoms with Gasteiger partial charge >= 0.3 is 0 Å². The Bertz CT molecular complexity index is 409. The van der Waals surface area contributed by atoms with Crippen LogP contribution >= 0.6 is 0 Å². The van der Waals surface area contributed by atoms with Gasteiger partial charge in [0.1, 0.15) is 18.4 Å². The number of hydrogen-bond acceptors (Lipinski definition) is 6. The van der Waals surface area contributed by atoms with Crippen molar-refractivity contribution in [2.75, 3.05) is 6.54 Å². The zero-order valence-corrected chi connectivity index (χ0v) is 11.1. The molecule has 0 aliphatic carbocycles. The smallest absolute Gasteiger partial charge is 0.217 e. The highest BCUT2D eigenvalue weighted by atomic mass is 16.3. The standard InChI is InChI=1S/C10H17N5O5/c1-5(17)13-7(4-16)10(20)9(14-6(2)18)8(19)3-12-15-11/h4,7-10,19-20H,3H2,1-2H3,(H,13,17)(H,14,18)/t7-,8-,9-,10-/m1/s1. The van der Waals surface area contributed by atoms with Crippen molar-refractivity contribution in [2.24, 2.45) is 5.11 Å². The van der Waals surface area contributed by atoms with E-state index in [2.05, 4.69) is 20.7 Å². The van der Waals surface area contributed by atoms with Crippen LogP contribution in [0.2, 0.25) is 0 Å². The van der Waals surface area contributed by atoms with E-state index in [1.165, 1.54) is 0 Å². The van der Waals surface area contributed by atoms with Gasteiger partial charge in [0.05, 0.1) is 18.7 Å². The van der Waals surface area contributed by atoms with E-state index >= 15 is 0 Å². The fourth-order valence-electron chi connectivity index (χ4n) is 1.54. The topological polar surface area (TPSA) is 164 Å². The number of carbonyl (C=O) groups is 3. The molecule has 0 saturated heterocycles. The van der Waals surface area contributed by atoms with Crippen LogP contribution in [0, 0.1) is 0 Å². The molecule has 0 rings (SSSR count). The highest BCUT2D eigenvalue weighted by Crippen LogP contribution is 2.06. The molecule has 4 atom stereocenters. The Morgan fingerprint density at radius 1 is 1.30 bits per heavy atom. The number of nitrogens with zero attached hydrogens (tertiary/aromatic N) is 3. The first-order chi connectivity index (χ1) is 9.33. The molecule has 0 saturated carbocycles. The molecule has 2 amide bonds. The van der Waals surface area contributed by atoms with Crippen LogP contribution in [0.4, 0.5) is 0 Å². The van der Waals surface area contributed by atoms with E-state index in [1.54, 1.807) is 0 Å². The molecule has 0 radical (unpaired) electrons. The first-order valence-electron chi connectivity index (χ1n) is 5.70. The van der Waals surface area contributed by atoms with E-state index < -0.39 is 42.7 Å². The van der Waals surface area contributed by atoms with Gasteiger partial charge in [0.25, 0.3) is 0 Å². The average molecular weight is 287 g/mol. The summed E-state index contributed by atoms with van der Waals surface area (Å²) in [5, 5.41) is 27.3. The van der Waals surface area contributed by atoms with E-state index in [9.17, 15) is 24.6 Å². The number of hydrogen-bond donors (Lipinski definition) is 4. The molecule has 10 heteroatoms. The number of carbonyl (C=O) groups excluding carboxylic acids is 3. The summed E-state index contributed by atoms with van der Waals surface area (Å²) in [5.74, 6) is -1.13. The third kappa shape index (κ3) is 6.14. The summed E-state index contributed by atoms with van der Waals surface area (Å²) in [5.41, 5.74) is 8.18. The van der Waals surface area contributed by atoms with E-state index in [1.807, 2.05) is 0 Å². The van der Waals surface area contributed by atoms with E-state index in [0.717, 1.165) is 13.8 Å². The number of aliphatic hydroxyl groups is 2. The fourth-order valence-corrected chi connectivity index (χ4v) is 1.54. The molecule has 0 bridgehead atoms. The Morgan fingerprint density at radius 3 is 2.25 bits per heavy atom. The van der Waals surface area contributed by atoms with Gasteiger partial charge in [-0.2, -0.15) is 0 Å². The minimum absolute atomic E-state index is 0.279. The summed E-state index contributed by atoms with van der Waals surface area (Å²) in [6.07, 6.45) is -2.72. The van der Waals surface area contributed by atoms with Gasteiger partial charge in [-0.15, -0.1) is 0 Å². The van der Waals surface area contributed by atoms with Crippen LogP contribution in [0.15, 0.2) is 5.11 Å². The highest BCUT2D eigenvalue weighted by molar-refractivity contribution is 5.78. The van der Waals surface area contributed by atoms with E-state index in [-0.39, 0.29) is 6.29 Å². The number of rotatable bonds is 8. The van der Waals surface area contributed by atoms with Crippen molar-refractivity contribution < 1.29 is 24.6 Å². The molecule has 10 nitrogen and oxygen atoms in total. The van der Waals surface area contributed by atoms with Crippen molar-refractivity contribution in [1.29, 1.82) is 0 Å². The van der Waals surface area contributed by atoms with Gasteiger partial charge in [0, 0.05) is 18.8 Å². The van der Waals surface area contributed by atoms with Crippen LogP contribution < -0.4 is 10.6 Å². The maximum Gasteiger partial charge on any atom is 0.217 e. The van der Waals surface area contributed by atoms with Crippen LogP contribution in [0.1, 0.15) is 13.8 Å². The SMILES string of the molecule is CC(=O)N[C@@H]([C@H](O)[C@@H](C=O)NC(C)=O)[C@H](O)CN=[N+]=[N-]. The quantitative estimate of drug-likeness (QED) is 0.179. The molecule has 112 valence electrons. The second kappa shape index (κ2) is 8.86. The van der Waals surface area contributed by atoms with Crippen molar-refractivity contribution in [3.8, 4) is 0 Å². The number of amides is 2. The molecule has 0 aromatic heterocycles. The number of azide groups is 1. The Labute approximate surface area is 114 Å². The maximum absolute atomic E-state index is 11.1. The molecule has 0 aromatic carbocycles. The van der Waals surface area contributed by atoms with Crippen LogP contribution in [0.3, 0.4) is 0 Å². The molecule has 0 aliphatic rings. The minimum Gasteiger partial charge on any atom is -0.391 e. The van der Waals surface area contributed by atoms with Crippen LogP contribution in [-0.2, 0) is 14.4 Å². The zero-order chi connectivity index (χ0) is 15.7. The van der Waals surface area contributed by atoms with Crippen LogP contribution in [0.5, 0.6) is 0 Å². The van der Waals surface area contributed by atoms with Crippen molar-refractivity contribution in [2.45, 2.75) is 38.1 Å². The number of aldehydes is 1. The van der Waals surface area contributed by atoms with Gasteiger partial charge in [0.2, 0.25) is 11.8 Å². The van der Waals surface area contributed by atoms with Gasteiger partial charge in [-0.05, 0) is 5.53 Å². The monoisotopic (exact) mass is 287 g/mol. The molecule has 4 N–H and O–H groups in total. The Hall–Kier alpha value is -2.16.